The van der Waals surface area contributed by atoms with Crippen LogP contribution in [0.2, 0.25) is 0 Å². The smallest absolute Gasteiger partial charge is 0.362 e. The highest BCUT2D eigenvalue weighted by Gasteiger charge is 2.31. The number of hydrogen-bond donors (Lipinski definition) is 1. The second-order valence-electron chi connectivity index (χ2n) is 13.8. The number of allylic oxidation sites excluding steroid dienone is 12. The Hall–Kier alpha value is -3.23. The van der Waals surface area contributed by atoms with Crippen LogP contribution in [0.4, 0.5) is 0 Å². The molecular formula is C43H72NO7+. The van der Waals surface area contributed by atoms with E-state index in [-0.39, 0.29) is 36.2 Å². The van der Waals surface area contributed by atoms with Gasteiger partial charge in [0.2, 0.25) is 0 Å². The van der Waals surface area contributed by atoms with Gasteiger partial charge in [-0.05, 0) is 64.2 Å². The van der Waals surface area contributed by atoms with E-state index in [0.29, 0.717) is 19.3 Å². The van der Waals surface area contributed by atoms with E-state index in [4.69, 9.17) is 14.2 Å². The van der Waals surface area contributed by atoms with E-state index in [2.05, 4.69) is 74.6 Å². The molecule has 0 aromatic heterocycles. The van der Waals surface area contributed by atoms with Gasteiger partial charge in [-0.25, -0.2) is 4.79 Å². The Morgan fingerprint density at radius 1 is 0.608 bits per heavy atom. The lowest BCUT2D eigenvalue weighted by atomic mass is 10.1. The maximum Gasteiger partial charge on any atom is 0.362 e. The molecule has 0 saturated carbocycles. The number of carbonyl (C=O) groups excluding carboxylic acids is 2. The van der Waals surface area contributed by atoms with Crippen LogP contribution in [0.1, 0.15) is 129 Å². The summed E-state index contributed by atoms with van der Waals surface area (Å²) in [5.74, 6) is -1.54. The Morgan fingerprint density at radius 2 is 1.14 bits per heavy atom. The third kappa shape index (κ3) is 32.4. The van der Waals surface area contributed by atoms with Gasteiger partial charge >= 0.3 is 17.9 Å². The molecule has 8 heteroatoms. The largest absolute Gasteiger partial charge is 0.477 e. The summed E-state index contributed by atoms with van der Waals surface area (Å²) in [5.41, 5.74) is 0. The number of carboxylic acids is 1. The van der Waals surface area contributed by atoms with Crippen LogP contribution in [-0.2, 0) is 28.6 Å². The van der Waals surface area contributed by atoms with Gasteiger partial charge in [-0.2, -0.15) is 0 Å². The topological polar surface area (TPSA) is 99.1 Å². The molecule has 0 aromatic carbocycles. The number of carbonyl (C=O) groups is 3. The van der Waals surface area contributed by atoms with Gasteiger partial charge in [0.25, 0.3) is 0 Å². The van der Waals surface area contributed by atoms with Crippen molar-refractivity contribution >= 4 is 17.9 Å². The molecule has 0 radical (unpaired) electrons. The average Bonchev–Trinajstić information content (AvgIpc) is 3.08. The lowest BCUT2D eigenvalue weighted by molar-refractivity contribution is -0.887. The summed E-state index contributed by atoms with van der Waals surface area (Å²) in [5, 5.41) is 9.59. The molecule has 0 aliphatic carbocycles. The number of nitrogens with zero attached hydrogens (tertiary/aromatic N) is 1. The highest BCUT2D eigenvalue weighted by atomic mass is 16.6. The van der Waals surface area contributed by atoms with Crippen molar-refractivity contribution in [1.29, 1.82) is 0 Å². The lowest BCUT2D eigenvalue weighted by Gasteiger charge is -2.31. The van der Waals surface area contributed by atoms with Crippen LogP contribution in [-0.4, -0.2) is 80.6 Å². The summed E-state index contributed by atoms with van der Waals surface area (Å²) in [7, 11) is 5.49. The number of ether oxygens (including phenoxy) is 3. The van der Waals surface area contributed by atoms with Crippen LogP contribution in [0.15, 0.2) is 72.9 Å². The minimum absolute atomic E-state index is 0.0408. The normalized spacial score (nSPS) is 13.8. The zero-order valence-corrected chi connectivity index (χ0v) is 32.8. The zero-order valence-electron chi connectivity index (χ0n) is 32.8. The van der Waals surface area contributed by atoms with Gasteiger partial charge in [0.15, 0.2) is 12.1 Å². The van der Waals surface area contributed by atoms with Gasteiger partial charge < -0.3 is 23.8 Å². The molecule has 0 aliphatic rings. The highest BCUT2D eigenvalue weighted by Crippen LogP contribution is 2.12. The molecule has 2 unspecified atom stereocenters. The lowest BCUT2D eigenvalue weighted by Crippen LogP contribution is -2.50. The summed E-state index contributed by atoms with van der Waals surface area (Å²) in [4.78, 5) is 36.8. The molecule has 0 amide bonds. The third-order valence-electron chi connectivity index (χ3n) is 8.16. The Morgan fingerprint density at radius 3 is 1.75 bits per heavy atom. The van der Waals surface area contributed by atoms with Crippen molar-refractivity contribution in [2.24, 2.45) is 0 Å². The molecule has 0 spiro atoms. The highest BCUT2D eigenvalue weighted by molar-refractivity contribution is 5.72. The van der Waals surface area contributed by atoms with Crippen LogP contribution in [0, 0.1) is 0 Å². The summed E-state index contributed by atoms with van der Waals surface area (Å²) in [6.07, 6.45) is 40.9. The quantitative estimate of drug-likeness (QED) is 0.0238. The van der Waals surface area contributed by atoms with E-state index >= 15 is 0 Å². The third-order valence-corrected chi connectivity index (χ3v) is 8.16. The van der Waals surface area contributed by atoms with Crippen LogP contribution in [0.25, 0.3) is 0 Å². The first-order chi connectivity index (χ1) is 24.6. The van der Waals surface area contributed by atoms with Crippen LogP contribution in [0.3, 0.4) is 0 Å². The predicted molar refractivity (Wildman–Crippen MR) is 210 cm³/mol. The number of quaternary nitrogens is 1. The molecule has 290 valence electrons. The minimum atomic E-state index is -0.887. The SMILES string of the molecule is CC/C=C/C=C/C=C/CCCCCCCC(=O)OCC(COCCC(C(=O)O)[N+](C)(C)C)OC(=O)CCCCCC/C=C/C/C=C/C/C=C/CC. The van der Waals surface area contributed by atoms with Gasteiger partial charge in [0, 0.05) is 19.3 Å². The number of unbranched alkanes of at least 4 members (excludes halogenated alkanes) is 9. The zero-order chi connectivity index (χ0) is 37.8. The maximum atomic E-state index is 12.7. The molecule has 8 nitrogen and oxygen atoms in total. The second kappa shape index (κ2) is 33.9. The standard InChI is InChI=1S/C43H71NO7/c1-6-8-10-12-14-16-18-20-22-24-26-28-30-32-34-42(46)51-39(37-49-36-35-40(43(47)48)44(3,4)5)38-50-41(45)33-31-29-27-25-23-21-19-17-15-13-11-9-7-2/h8-11,13-17,19-20,22,39-40H,6-7,12,18,21,23-38H2,1-5H3/p+1/b10-8+,11-9+,15-13+,16-14+,19-17+,22-20+. The van der Waals surface area contributed by atoms with Crippen molar-refractivity contribution in [3.8, 4) is 0 Å². The second-order valence-corrected chi connectivity index (χ2v) is 13.8. The molecule has 1 N–H and O–H groups in total. The van der Waals surface area contributed by atoms with E-state index < -0.39 is 18.1 Å². The number of likely N-dealkylation sites (N-methyl/N-ethyl adjacent to an activating group) is 1. The van der Waals surface area contributed by atoms with Gasteiger partial charge in [-0.15, -0.1) is 0 Å². The van der Waals surface area contributed by atoms with Crippen molar-refractivity contribution in [3.05, 3.63) is 72.9 Å². The first-order valence-electron chi connectivity index (χ1n) is 19.5. The van der Waals surface area contributed by atoms with E-state index in [9.17, 15) is 19.5 Å². The fraction of sp³-hybridized carbons (Fsp3) is 0.651. The predicted octanol–water partition coefficient (Wildman–Crippen LogP) is 10.0. The molecule has 0 aromatic rings. The monoisotopic (exact) mass is 715 g/mol. The summed E-state index contributed by atoms with van der Waals surface area (Å²) >= 11 is 0. The first kappa shape index (κ1) is 47.8. The number of rotatable bonds is 33. The first-order valence-corrected chi connectivity index (χ1v) is 19.5. The summed E-state index contributed by atoms with van der Waals surface area (Å²) in [6.45, 7) is 4.41. The molecule has 0 saturated heterocycles. The minimum Gasteiger partial charge on any atom is -0.477 e. The Labute approximate surface area is 311 Å². The van der Waals surface area contributed by atoms with Crippen molar-refractivity contribution in [2.75, 3.05) is 41.0 Å². The van der Waals surface area contributed by atoms with Crippen LogP contribution < -0.4 is 0 Å². The van der Waals surface area contributed by atoms with Gasteiger partial charge in [-0.1, -0.05) is 119 Å². The number of aliphatic carboxylic acids is 1. The Kier molecular flexibility index (Phi) is 31.7. The molecule has 0 rings (SSSR count). The van der Waals surface area contributed by atoms with Crippen LogP contribution >= 0.6 is 0 Å². The van der Waals surface area contributed by atoms with E-state index in [1.165, 1.54) is 0 Å². The molecule has 0 fully saturated rings. The van der Waals surface area contributed by atoms with Gasteiger partial charge in [-0.3, -0.25) is 9.59 Å². The molecule has 0 heterocycles. The van der Waals surface area contributed by atoms with Crippen molar-refractivity contribution in [1.82, 2.24) is 0 Å². The fourth-order valence-corrected chi connectivity index (χ4v) is 5.16. The Balaban J connectivity index is 4.50. The molecule has 2 atom stereocenters. The molecule has 51 heavy (non-hydrogen) atoms. The van der Waals surface area contributed by atoms with E-state index in [1.807, 2.05) is 33.3 Å². The number of hydrogen-bond acceptors (Lipinski definition) is 6. The van der Waals surface area contributed by atoms with Crippen molar-refractivity contribution in [2.45, 2.75) is 142 Å². The van der Waals surface area contributed by atoms with Gasteiger partial charge in [0.05, 0.1) is 34.4 Å². The summed E-state index contributed by atoms with van der Waals surface area (Å²) in [6, 6.07) is -0.624. The van der Waals surface area contributed by atoms with Crippen LogP contribution in [0.5, 0.6) is 0 Å². The van der Waals surface area contributed by atoms with Gasteiger partial charge in [0.1, 0.15) is 6.61 Å². The van der Waals surface area contributed by atoms with E-state index in [0.717, 1.165) is 96.3 Å². The molecule has 0 aliphatic heterocycles. The Bertz CT molecular complexity index is 1060. The number of esters is 2. The van der Waals surface area contributed by atoms with E-state index in [1.54, 1.807) is 0 Å². The summed E-state index contributed by atoms with van der Waals surface area (Å²) < 4.78 is 17.2. The average molecular weight is 715 g/mol. The maximum absolute atomic E-state index is 12.7. The molecule has 0 bridgehead atoms. The fourth-order valence-electron chi connectivity index (χ4n) is 5.16. The van der Waals surface area contributed by atoms with Crippen molar-refractivity contribution in [3.63, 3.8) is 0 Å². The van der Waals surface area contributed by atoms with Crippen molar-refractivity contribution < 1.29 is 38.2 Å². The number of carboxylic acid groups (broad SMARTS) is 1. The molecular weight excluding hydrogens is 642 g/mol.